The van der Waals surface area contributed by atoms with Crippen LogP contribution in [0.5, 0.6) is 5.75 Å². The van der Waals surface area contributed by atoms with E-state index in [-0.39, 0.29) is 17.2 Å². The number of anilines is 1. The van der Waals surface area contributed by atoms with Gasteiger partial charge in [0.15, 0.2) is 0 Å². The van der Waals surface area contributed by atoms with E-state index in [1.165, 1.54) is 16.7 Å². The number of aryl methyl sites for hydroxylation is 1. The molecule has 1 aromatic rings. The van der Waals surface area contributed by atoms with E-state index in [1.54, 1.807) is 0 Å². The number of likely N-dealkylation sites (N-methyl/N-ethyl adjacent to an activating group) is 1. The van der Waals surface area contributed by atoms with Gasteiger partial charge >= 0.3 is 0 Å². The van der Waals surface area contributed by atoms with Crippen LogP contribution in [0.4, 0.5) is 5.69 Å². The predicted molar refractivity (Wildman–Crippen MR) is 99.9 cm³/mol. The summed E-state index contributed by atoms with van der Waals surface area (Å²) in [7, 11) is 2.20. The molecule has 1 heterocycles. The fourth-order valence-electron chi connectivity index (χ4n) is 3.52. The van der Waals surface area contributed by atoms with E-state index in [0.717, 1.165) is 12.2 Å². The number of benzene rings is 1. The van der Waals surface area contributed by atoms with Gasteiger partial charge in [0.2, 0.25) is 0 Å². The molecule has 3 heteroatoms. The van der Waals surface area contributed by atoms with Crippen molar-refractivity contribution >= 4 is 11.3 Å². The van der Waals surface area contributed by atoms with Gasteiger partial charge in [0.25, 0.3) is 0 Å². The molecule has 1 aliphatic rings. The minimum Gasteiger partial charge on any atom is -0.489 e. The normalized spacial score (nSPS) is 20.5. The smallest absolute Gasteiger partial charge is 0.143 e. The summed E-state index contributed by atoms with van der Waals surface area (Å²) in [5.41, 5.74) is 10.8. The maximum atomic E-state index is 6.14. The van der Waals surface area contributed by atoms with Crippen molar-refractivity contribution in [1.82, 2.24) is 4.90 Å². The lowest BCUT2D eigenvalue weighted by Crippen LogP contribution is -2.54. The van der Waals surface area contributed by atoms with Gasteiger partial charge in [-0.05, 0) is 90.8 Å². The van der Waals surface area contributed by atoms with E-state index in [1.807, 2.05) is 19.9 Å². The Bertz CT molecular complexity index is 627. The molecular formula is C20H32N2O. The summed E-state index contributed by atoms with van der Waals surface area (Å²) in [5, 5.41) is 0. The van der Waals surface area contributed by atoms with Gasteiger partial charge in [0.1, 0.15) is 5.75 Å². The van der Waals surface area contributed by atoms with Gasteiger partial charge in [0.05, 0.1) is 11.8 Å². The van der Waals surface area contributed by atoms with Gasteiger partial charge in [-0.3, -0.25) is 4.90 Å². The van der Waals surface area contributed by atoms with Crippen LogP contribution in [0.15, 0.2) is 18.2 Å². The molecule has 0 fully saturated rings. The number of nitrogens with two attached hydrogens (primary N) is 1. The molecule has 0 amide bonds. The first-order valence-electron chi connectivity index (χ1n) is 8.47. The summed E-state index contributed by atoms with van der Waals surface area (Å²) in [6.07, 6.45) is 3.52. The first-order chi connectivity index (χ1) is 10.4. The van der Waals surface area contributed by atoms with Crippen LogP contribution in [0.2, 0.25) is 0 Å². The van der Waals surface area contributed by atoms with Gasteiger partial charge in [-0.15, -0.1) is 0 Å². The van der Waals surface area contributed by atoms with Gasteiger partial charge in [-0.25, -0.2) is 0 Å². The second-order valence-electron chi connectivity index (χ2n) is 8.24. The van der Waals surface area contributed by atoms with Crippen LogP contribution in [-0.4, -0.2) is 29.1 Å². The average molecular weight is 316 g/mol. The van der Waals surface area contributed by atoms with Crippen LogP contribution >= 0.6 is 0 Å². The molecule has 1 aliphatic heterocycles. The Hall–Kier alpha value is -1.48. The monoisotopic (exact) mass is 316 g/mol. The van der Waals surface area contributed by atoms with E-state index in [4.69, 9.17) is 10.5 Å². The molecule has 0 spiro atoms. The maximum Gasteiger partial charge on any atom is 0.143 e. The summed E-state index contributed by atoms with van der Waals surface area (Å²) < 4.78 is 5.89. The van der Waals surface area contributed by atoms with E-state index in [9.17, 15) is 0 Å². The standard InChI is InChI=1S/C20H32N2O/c1-13(2)23-18-10-16(14(3)9-17(18)21)15-11-19(4,5)22(8)20(6,7)12-15/h9-11,13H,12,21H2,1-8H3. The van der Waals surface area contributed by atoms with Crippen LogP contribution in [0.3, 0.4) is 0 Å². The van der Waals surface area contributed by atoms with Crippen LogP contribution in [0, 0.1) is 6.92 Å². The largest absolute Gasteiger partial charge is 0.489 e. The van der Waals surface area contributed by atoms with E-state index >= 15 is 0 Å². The van der Waals surface area contributed by atoms with Crippen molar-refractivity contribution in [3.63, 3.8) is 0 Å². The molecule has 0 unspecified atom stereocenters. The lowest BCUT2D eigenvalue weighted by molar-refractivity contribution is 0.0697. The molecule has 0 saturated heterocycles. The van der Waals surface area contributed by atoms with Crippen LogP contribution in [-0.2, 0) is 0 Å². The summed E-state index contributed by atoms with van der Waals surface area (Å²) in [6.45, 7) is 15.3. The molecule has 0 radical (unpaired) electrons. The Morgan fingerprint density at radius 1 is 1.17 bits per heavy atom. The quantitative estimate of drug-likeness (QED) is 0.826. The molecule has 0 atom stereocenters. The van der Waals surface area contributed by atoms with Crippen LogP contribution < -0.4 is 10.5 Å². The Kier molecular flexibility index (Phi) is 4.55. The van der Waals surface area contributed by atoms with Crippen molar-refractivity contribution in [1.29, 1.82) is 0 Å². The molecule has 0 bridgehead atoms. The van der Waals surface area contributed by atoms with Gasteiger partial charge in [0, 0.05) is 11.1 Å². The summed E-state index contributed by atoms with van der Waals surface area (Å²) in [4.78, 5) is 2.45. The summed E-state index contributed by atoms with van der Waals surface area (Å²) in [5.74, 6) is 0.788. The zero-order chi connectivity index (χ0) is 17.6. The van der Waals surface area contributed by atoms with Crippen LogP contribution in [0.25, 0.3) is 5.57 Å². The number of nitrogen functional groups attached to an aromatic ring is 1. The minimum absolute atomic E-state index is 0.0178. The Morgan fingerprint density at radius 3 is 2.30 bits per heavy atom. The number of rotatable bonds is 3. The minimum atomic E-state index is 0.0178. The molecular weight excluding hydrogens is 284 g/mol. The molecule has 3 nitrogen and oxygen atoms in total. The number of nitrogens with zero attached hydrogens (tertiary/aromatic N) is 1. The van der Waals surface area contributed by atoms with Gasteiger partial charge < -0.3 is 10.5 Å². The Labute approximate surface area is 141 Å². The fourth-order valence-corrected chi connectivity index (χ4v) is 3.52. The average Bonchev–Trinajstić information content (AvgIpc) is 2.38. The second-order valence-corrected chi connectivity index (χ2v) is 8.24. The third-order valence-corrected chi connectivity index (χ3v) is 4.99. The predicted octanol–water partition coefficient (Wildman–Crippen LogP) is 4.64. The molecule has 0 aromatic heterocycles. The highest BCUT2D eigenvalue weighted by atomic mass is 16.5. The Balaban J connectivity index is 2.53. The third-order valence-electron chi connectivity index (χ3n) is 4.99. The maximum absolute atomic E-state index is 6.14. The fraction of sp³-hybridized carbons (Fsp3) is 0.600. The van der Waals surface area contributed by atoms with Crippen LogP contribution in [0.1, 0.15) is 59.1 Å². The first-order valence-corrected chi connectivity index (χ1v) is 8.47. The van der Waals surface area contributed by atoms with Gasteiger partial charge in [-0.1, -0.05) is 6.08 Å². The first kappa shape index (κ1) is 17.9. The highest BCUT2D eigenvalue weighted by Gasteiger charge is 2.38. The SMILES string of the molecule is Cc1cc(N)c(OC(C)C)cc1C1=CC(C)(C)N(C)C(C)(C)C1. The number of hydrogen-bond acceptors (Lipinski definition) is 3. The number of hydrogen-bond donors (Lipinski definition) is 1. The lowest BCUT2D eigenvalue weighted by atomic mass is 9.78. The van der Waals surface area contributed by atoms with E-state index < -0.39 is 0 Å². The van der Waals surface area contributed by atoms with Crippen molar-refractivity contribution in [3.05, 3.63) is 29.3 Å². The molecule has 128 valence electrons. The van der Waals surface area contributed by atoms with E-state index in [2.05, 4.69) is 58.7 Å². The molecule has 0 saturated carbocycles. The number of ether oxygens (including phenoxy) is 1. The third kappa shape index (κ3) is 3.55. The van der Waals surface area contributed by atoms with Gasteiger partial charge in [-0.2, -0.15) is 0 Å². The topological polar surface area (TPSA) is 38.5 Å². The molecule has 1 aromatic carbocycles. The van der Waals surface area contributed by atoms with Crippen molar-refractivity contribution in [2.24, 2.45) is 0 Å². The summed E-state index contributed by atoms with van der Waals surface area (Å²) in [6, 6.07) is 4.15. The van der Waals surface area contributed by atoms with Crippen molar-refractivity contribution in [2.75, 3.05) is 12.8 Å². The van der Waals surface area contributed by atoms with E-state index in [0.29, 0.717) is 5.69 Å². The van der Waals surface area contributed by atoms with Crippen molar-refractivity contribution in [2.45, 2.75) is 72.1 Å². The summed E-state index contributed by atoms with van der Waals surface area (Å²) >= 11 is 0. The van der Waals surface area contributed by atoms with Crippen molar-refractivity contribution < 1.29 is 4.74 Å². The molecule has 2 N–H and O–H groups in total. The molecule has 0 aliphatic carbocycles. The zero-order valence-corrected chi connectivity index (χ0v) is 15.9. The highest BCUT2D eigenvalue weighted by Crippen LogP contribution is 2.42. The second kappa shape index (κ2) is 5.86. The van der Waals surface area contributed by atoms with Crippen molar-refractivity contribution in [3.8, 4) is 5.75 Å². The molecule has 2 rings (SSSR count). The zero-order valence-electron chi connectivity index (χ0n) is 15.9. The lowest BCUT2D eigenvalue weighted by Gasteiger charge is -2.49. The Morgan fingerprint density at radius 2 is 1.78 bits per heavy atom. The highest BCUT2D eigenvalue weighted by molar-refractivity contribution is 5.75. The molecule has 23 heavy (non-hydrogen) atoms.